The van der Waals surface area contributed by atoms with Crippen LogP contribution in [0.2, 0.25) is 19.6 Å². The molecule has 0 amide bonds. The minimum Gasteiger partial charge on any atom is -0.289 e. The zero-order chi connectivity index (χ0) is 13.3. The lowest BCUT2D eigenvalue weighted by molar-refractivity contribution is 0.0990. The van der Waals surface area contributed by atoms with Gasteiger partial charge in [-0.1, -0.05) is 25.6 Å². The highest BCUT2D eigenvalue weighted by Crippen LogP contribution is 2.18. The number of carbonyl (C=O) groups excluding carboxylic acids is 2. The Labute approximate surface area is 107 Å². The lowest BCUT2D eigenvalue weighted by Gasteiger charge is -2.10. The summed E-state index contributed by atoms with van der Waals surface area (Å²) in [5.74, 6) is 2.60. The lowest BCUT2D eigenvalue weighted by Crippen LogP contribution is -2.18. The molecular weight excluding hydrogens is 242 g/mol. The van der Waals surface area contributed by atoms with Crippen LogP contribution < -0.4 is 0 Å². The van der Waals surface area contributed by atoms with E-state index >= 15 is 0 Å². The van der Waals surface area contributed by atoms with Crippen molar-refractivity contribution in [3.63, 3.8) is 0 Å². The number of hydrogen-bond acceptors (Lipinski definition) is 3. The molecule has 0 fully saturated rings. The van der Waals surface area contributed by atoms with Crippen LogP contribution in [0.25, 0.3) is 0 Å². The van der Waals surface area contributed by atoms with Crippen molar-refractivity contribution in [2.45, 2.75) is 19.6 Å². The second kappa shape index (κ2) is 4.35. The quantitative estimate of drug-likeness (QED) is 0.527. The van der Waals surface area contributed by atoms with Crippen molar-refractivity contribution >= 4 is 19.6 Å². The molecule has 0 aliphatic heterocycles. The van der Waals surface area contributed by atoms with Gasteiger partial charge >= 0.3 is 0 Å². The Hall–Kier alpha value is -1.99. The van der Waals surface area contributed by atoms with Gasteiger partial charge in [0.15, 0.2) is 5.78 Å². The molecule has 3 nitrogen and oxygen atoms in total. The molecule has 4 heteroatoms. The van der Waals surface area contributed by atoms with Crippen LogP contribution in [0.5, 0.6) is 0 Å². The molecule has 18 heavy (non-hydrogen) atoms. The minimum absolute atomic E-state index is 0.197. The number of hydrogen-bond donors (Lipinski definition) is 0. The van der Waals surface area contributed by atoms with Gasteiger partial charge in [-0.15, -0.1) is 5.54 Å². The first kappa shape index (κ1) is 12.5. The third kappa shape index (κ3) is 2.46. The highest BCUT2D eigenvalue weighted by Gasteiger charge is 2.23. The Morgan fingerprint density at radius 3 is 2.44 bits per heavy atom. The van der Waals surface area contributed by atoms with Crippen LogP contribution in [0.1, 0.15) is 26.4 Å². The molecule has 1 aliphatic carbocycles. The minimum atomic E-state index is -1.52. The van der Waals surface area contributed by atoms with E-state index in [0.717, 1.165) is 0 Å². The fraction of sp³-hybridized carbons (Fsp3) is 0.214. The fourth-order valence-corrected chi connectivity index (χ4v) is 2.08. The van der Waals surface area contributed by atoms with Crippen molar-refractivity contribution in [1.82, 2.24) is 4.98 Å². The van der Waals surface area contributed by atoms with E-state index in [9.17, 15) is 9.59 Å². The zero-order valence-corrected chi connectivity index (χ0v) is 11.6. The van der Waals surface area contributed by atoms with E-state index in [0.29, 0.717) is 11.1 Å². The molecule has 0 spiro atoms. The first-order chi connectivity index (χ1) is 8.38. The molecule has 90 valence electrons. The van der Waals surface area contributed by atoms with Gasteiger partial charge in [0.25, 0.3) is 0 Å². The van der Waals surface area contributed by atoms with E-state index in [1.807, 2.05) is 0 Å². The van der Waals surface area contributed by atoms with Crippen LogP contribution in [0.15, 0.2) is 24.4 Å². The molecule has 2 rings (SSSR count). The third-order valence-corrected chi connectivity index (χ3v) is 3.26. The molecule has 0 radical (unpaired) electrons. The van der Waals surface area contributed by atoms with Crippen molar-refractivity contribution in [2.24, 2.45) is 0 Å². The molecule has 0 unspecified atom stereocenters. The molecule has 0 N–H and O–H groups in total. The van der Waals surface area contributed by atoms with Crippen molar-refractivity contribution < 1.29 is 9.59 Å². The summed E-state index contributed by atoms with van der Waals surface area (Å²) in [6, 6.07) is 1.69. The number of pyridine rings is 1. The van der Waals surface area contributed by atoms with Gasteiger partial charge in [0, 0.05) is 11.8 Å². The summed E-state index contributed by atoms with van der Waals surface area (Å²) >= 11 is 0. The van der Waals surface area contributed by atoms with Gasteiger partial charge in [-0.05, 0) is 18.2 Å². The number of aromatic nitrogens is 1. The second-order valence-corrected chi connectivity index (χ2v) is 9.89. The van der Waals surface area contributed by atoms with E-state index < -0.39 is 8.07 Å². The molecule has 0 saturated heterocycles. The number of allylic oxidation sites excluding steroid dienone is 2. The van der Waals surface area contributed by atoms with Crippen molar-refractivity contribution in [1.29, 1.82) is 0 Å². The summed E-state index contributed by atoms with van der Waals surface area (Å²) < 4.78 is 0. The van der Waals surface area contributed by atoms with Crippen LogP contribution in [0.3, 0.4) is 0 Å². The highest BCUT2D eigenvalue weighted by atomic mass is 28.3. The fourth-order valence-electron chi connectivity index (χ4n) is 1.57. The first-order valence-electron chi connectivity index (χ1n) is 5.67. The number of ketones is 2. The molecule has 1 aromatic rings. The molecule has 0 atom stereocenters. The van der Waals surface area contributed by atoms with Gasteiger partial charge in [0.2, 0.25) is 5.78 Å². The predicted molar refractivity (Wildman–Crippen MR) is 72.3 cm³/mol. The molecule has 1 aromatic heterocycles. The van der Waals surface area contributed by atoms with Crippen molar-refractivity contribution in [3.05, 3.63) is 41.2 Å². The summed E-state index contributed by atoms with van der Waals surface area (Å²) in [7, 11) is -1.52. The normalized spacial score (nSPS) is 13.9. The van der Waals surface area contributed by atoms with E-state index in [4.69, 9.17) is 0 Å². The Balaban J connectivity index is 2.59. The van der Waals surface area contributed by atoms with Crippen LogP contribution in [0.4, 0.5) is 0 Å². The van der Waals surface area contributed by atoms with Crippen LogP contribution in [-0.2, 0) is 0 Å². The Kier molecular flexibility index (Phi) is 3.01. The summed E-state index contributed by atoms with van der Waals surface area (Å²) in [6.45, 7) is 6.38. The summed E-state index contributed by atoms with van der Waals surface area (Å²) in [5, 5.41) is 0. The third-order valence-electron chi connectivity index (χ3n) is 2.39. The Morgan fingerprint density at radius 2 is 1.78 bits per heavy atom. The summed E-state index contributed by atoms with van der Waals surface area (Å²) in [6.07, 6.45) is 4.07. The number of carbonyl (C=O) groups is 2. The smallest absolute Gasteiger partial charge is 0.205 e. The summed E-state index contributed by atoms with van der Waals surface area (Å²) in [4.78, 5) is 27.5. The second-order valence-electron chi connectivity index (χ2n) is 5.14. The van der Waals surface area contributed by atoms with Crippen LogP contribution >= 0.6 is 0 Å². The van der Waals surface area contributed by atoms with Crippen molar-refractivity contribution in [2.75, 3.05) is 0 Å². The number of rotatable bonds is 0. The van der Waals surface area contributed by atoms with E-state index in [1.165, 1.54) is 18.3 Å². The number of nitrogens with zero attached hydrogens (tertiary/aromatic N) is 1. The molecule has 0 bridgehead atoms. The predicted octanol–water partition coefficient (Wildman–Crippen LogP) is 2.25. The van der Waals surface area contributed by atoms with Gasteiger partial charge in [0.1, 0.15) is 13.8 Å². The summed E-state index contributed by atoms with van der Waals surface area (Å²) in [5.41, 5.74) is 4.36. The van der Waals surface area contributed by atoms with E-state index in [-0.39, 0.29) is 17.3 Å². The Bertz CT molecular complexity index is 627. The number of fused-ring (bicyclic) bond motifs is 1. The SMILES string of the molecule is C[Si](C)(C)C#Cc1ccnc2c1C(=O)C=CC2=O. The van der Waals surface area contributed by atoms with Crippen LogP contribution in [0, 0.1) is 11.5 Å². The highest BCUT2D eigenvalue weighted by molar-refractivity contribution is 6.83. The lowest BCUT2D eigenvalue weighted by atomic mass is 9.96. The van der Waals surface area contributed by atoms with Gasteiger partial charge in [-0.3, -0.25) is 14.6 Å². The van der Waals surface area contributed by atoms with Gasteiger partial charge < -0.3 is 0 Å². The largest absolute Gasteiger partial charge is 0.289 e. The zero-order valence-electron chi connectivity index (χ0n) is 10.6. The molecule has 0 saturated carbocycles. The Morgan fingerprint density at radius 1 is 1.11 bits per heavy atom. The average Bonchev–Trinajstić information content (AvgIpc) is 2.30. The van der Waals surface area contributed by atoms with Crippen LogP contribution in [-0.4, -0.2) is 24.6 Å². The van der Waals surface area contributed by atoms with Gasteiger partial charge in [-0.25, -0.2) is 0 Å². The van der Waals surface area contributed by atoms with Gasteiger partial charge in [0.05, 0.1) is 5.56 Å². The average molecular weight is 255 g/mol. The topological polar surface area (TPSA) is 47.0 Å². The van der Waals surface area contributed by atoms with E-state index in [1.54, 1.807) is 6.07 Å². The standard InChI is InChI=1S/C14H13NO2Si/c1-18(2,3)9-7-10-6-8-15-14-12(17)5-4-11(16)13(10)14/h4-6,8H,1-3H3. The maximum atomic E-state index is 11.8. The molecule has 1 heterocycles. The maximum absolute atomic E-state index is 11.8. The monoisotopic (exact) mass is 255 g/mol. The van der Waals surface area contributed by atoms with Gasteiger partial charge in [-0.2, -0.15) is 0 Å². The van der Waals surface area contributed by atoms with Crippen molar-refractivity contribution in [3.8, 4) is 11.5 Å². The first-order valence-corrected chi connectivity index (χ1v) is 9.17. The molecular formula is C14H13NO2Si. The van der Waals surface area contributed by atoms with E-state index in [2.05, 4.69) is 36.1 Å². The maximum Gasteiger partial charge on any atom is 0.205 e. The molecule has 0 aromatic carbocycles. The molecule has 1 aliphatic rings.